The molecule has 2 heterocycles. The van der Waals surface area contributed by atoms with Crippen molar-refractivity contribution in [3.63, 3.8) is 0 Å². The smallest absolute Gasteiger partial charge is 0.244 e. The highest BCUT2D eigenvalue weighted by molar-refractivity contribution is 5.91. The zero-order valence-corrected chi connectivity index (χ0v) is 13.4. The van der Waals surface area contributed by atoms with Gasteiger partial charge in [-0.3, -0.25) is 9.48 Å². The van der Waals surface area contributed by atoms with Crippen molar-refractivity contribution >= 4 is 23.1 Å². The van der Waals surface area contributed by atoms with E-state index in [1.165, 1.54) is 12.2 Å². The highest BCUT2D eigenvalue weighted by Gasteiger charge is 2.25. The number of fused-ring (bicyclic) bond motifs is 1. The van der Waals surface area contributed by atoms with Gasteiger partial charge in [-0.15, -0.1) is 0 Å². The lowest BCUT2D eigenvalue weighted by molar-refractivity contribution is -0.117. The van der Waals surface area contributed by atoms with Crippen LogP contribution in [0.5, 0.6) is 0 Å². The fourth-order valence-electron chi connectivity index (χ4n) is 2.23. The zero-order valence-electron chi connectivity index (χ0n) is 13.4. The molecule has 0 bridgehead atoms. The number of para-hydroxylation sites is 2. The lowest BCUT2D eigenvalue weighted by atomic mass is 10.00. The molecule has 0 aliphatic rings. The number of aryl methyl sites for hydroxylation is 1. The molecule has 2 N–H and O–H groups in total. The molecule has 0 aliphatic heterocycles. The van der Waals surface area contributed by atoms with Gasteiger partial charge in [0.1, 0.15) is 11.1 Å². The second-order valence-electron chi connectivity index (χ2n) is 5.75. The number of carbonyl (C=O) groups is 1. The Hall–Kier alpha value is -2.93. The van der Waals surface area contributed by atoms with Crippen LogP contribution in [-0.2, 0) is 17.4 Å². The number of nitrogens with one attached hydrogen (secondary N) is 1. The molecule has 1 amide bonds. The second-order valence-corrected chi connectivity index (χ2v) is 5.75. The summed E-state index contributed by atoms with van der Waals surface area (Å²) >= 11 is 0. The number of oxazole rings is 1. The van der Waals surface area contributed by atoms with E-state index in [2.05, 4.69) is 15.4 Å². The molecular weight excluding hydrogens is 308 g/mol. The minimum atomic E-state index is -1.20. The zero-order chi connectivity index (χ0) is 17.2. The molecule has 124 valence electrons. The first-order chi connectivity index (χ1) is 11.4. The molecule has 0 saturated carbocycles. The summed E-state index contributed by atoms with van der Waals surface area (Å²) in [7, 11) is 1.77. The summed E-state index contributed by atoms with van der Waals surface area (Å²) in [6.45, 7) is 1.68. The van der Waals surface area contributed by atoms with Gasteiger partial charge in [0.25, 0.3) is 0 Å². The lowest BCUT2D eigenvalue weighted by Gasteiger charge is -2.21. The maximum absolute atomic E-state index is 11.9. The summed E-state index contributed by atoms with van der Waals surface area (Å²) in [5.74, 6) is 0.00629. The van der Waals surface area contributed by atoms with Gasteiger partial charge in [0.2, 0.25) is 11.8 Å². The van der Waals surface area contributed by atoms with Gasteiger partial charge in [0, 0.05) is 31.0 Å². The summed E-state index contributed by atoms with van der Waals surface area (Å²) in [5.41, 5.74) is 0.831. The minimum Gasteiger partial charge on any atom is -0.437 e. The van der Waals surface area contributed by atoms with Crippen LogP contribution in [0.15, 0.2) is 47.2 Å². The van der Waals surface area contributed by atoms with E-state index in [1.807, 2.05) is 24.3 Å². The number of rotatable bonds is 5. The lowest BCUT2D eigenvalue weighted by Crippen LogP contribution is -2.37. The Morgan fingerprint density at radius 1 is 1.46 bits per heavy atom. The summed E-state index contributed by atoms with van der Waals surface area (Å²) in [4.78, 5) is 16.2. The van der Waals surface area contributed by atoms with E-state index in [4.69, 9.17) is 4.42 Å². The Bertz CT molecular complexity index is 859. The fourth-order valence-corrected chi connectivity index (χ4v) is 2.23. The number of nitrogens with zero attached hydrogens (tertiary/aromatic N) is 3. The third-order valence-electron chi connectivity index (χ3n) is 3.62. The third kappa shape index (κ3) is 3.52. The van der Waals surface area contributed by atoms with Crippen molar-refractivity contribution in [2.75, 3.05) is 6.54 Å². The molecule has 7 heteroatoms. The first-order valence-corrected chi connectivity index (χ1v) is 7.47. The van der Waals surface area contributed by atoms with Crippen molar-refractivity contribution in [3.05, 3.63) is 54.2 Å². The van der Waals surface area contributed by atoms with Crippen LogP contribution in [0.1, 0.15) is 18.4 Å². The van der Waals surface area contributed by atoms with Crippen molar-refractivity contribution in [1.82, 2.24) is 20.1 Å². The Morgan fingerprint density at radius 2 is 2.25 bits per heavy atom. The van der Waals surface area contributed by atoms with Crippen LogP contribution in [0.3, 0.4) is 0 Å². The number of hydrogen-bond donors (Lipinski definition) is 2. The maximum Gasteiger partial charge on any atom is 0.244 e. The van der Waals surface area contributed by atoms with E-state index in [0.717, 1.165) is 5.52 Å². The second kappa shape index (κ2) is 6.29. The van der Waals surface area contributed by atoms with Crippen LogP contribution < -0.4 is 5.32 Å². The minimum absolute atomic E-state index is 0.0649. The predicted octanol–water partition coefficient (Wildman–Crippen LogP) is 1.60. The van der Waals surface area contributed by atoms with Gasteiger partial charge < -0.3 is 14.8 Å². The summed E-state index contributed by atoms with van der Waals surface area (Å²) in [6, 6.07) is 7.37. The number of benzene rings is 1. The normalized spacial score (nSPS) is 14.1. The van der Waals surface area contributed by atoms with E-state index in [1.54, 1.807) is 31.0 Å². The fraction of sp³-hybridized carbons (Fsp3) is 0.235. The van der Waals surface area contributed by atoms with Gasteiger partial charge in [-0.2, -0.15) is 5.10 Å². The Morgan fingerprint density at radius 3 is 2.96 bits per heavy atom. The van der Waals surface area contributed by atoms with Gasteiger partial charge in [-0.05, 0) is 19.1 Å². The standard InChI is InChI=1S/C17H18N4O3/c1-17(23,12-9-19-21(2)10-12)11-18-15(22)7-8-16-20-13-5-3-4-6-14(13)24-16/h3-10,23H,11H2,1-2H3,(H,18,22)/b8-7-/t17-/m0/s1. The molecule has 7 nitrogen and oxygen atoms in total. The molecule has 1 aromatic carbocycles. The molecule has 0 unspecified atom stereocenters. The Balaban J connectivity index is 1.60. The molecule has 1 atom stereocenters. The molecule has 0 radical (unpaired) electrons. The molecule has 3 rings (SSSR count). The molecule has 0 aliphatic carbocycles. The van der Waals surface area contributed by atoms with Crippen molar-refractivity contribution in [2.24, 2.45) is 7.05 Å². The quantitative estimate of drug-likeness (QED) is 0.695. The first kappa shape index (κ1) is 15.9. The highest BCUT2D eigenvalue weighted by atomic mass is 16.3. The van der Waals surface area contributed by atoms with Gasteiger partial charge in [0.05, 0.1) is 12.7 Å². The van der Waals surface area contributed by atoms with Crippen LogP contribution >= 0.6 is 0 Å². The summed E-state index contributed by atoms with van der Waals surface area (Å²) in [5, 5.41) is 17.1. The molecule has 0 fully saturated rings. The van der Waals surface area contributed by atoms with Crippen molar-refractivity contribution in [2.45, 2.75) is 12.5 Å². The predicted molar refractivity (Wildman–Crippen MR) is 88.8 cm³/mol. The van der Waals surface area contributed by atoms with Gasteiger partial charge in [0.15, 0.2) is 5.58 Å². The first-order valence-electron chi connectivity index (χ1n) is 7.47. The average Bonchev–Trinajstić information content (AvgIpc) is 3.17. The molecule has 2 aromatic heterocycles. The average molecular weight is 326 g/mol. The van der Waals surface area contributed by atoms with Gasteiger partial charge in [-0.25, -0.2) is 4.98 Å². The van der Waals surface area contributed by atoms with Crippen LogP contribution in [-0.4, -0.2) is 32.3 Å². The van der Waals surface area contributed by atoms with E-state index in [0.29, 0.717) is 17.0 Å². The van der Waals surface area contributed by atoms with E-state index in [9.17, 15) is 9.90 Å². The number of amides is 1. The molecule has 0 spiro atoms. The monoisotopic (exact) mass is 326 g/mol. The van der Waals surface area contributed by atoms with Crippen LogP contribution in [0.4, 0.5) is 0 Å². The molecular formula is C17H18N4O3. The summed E-state index contributed by atoms with van der Waals surface area (Å²) in [6.07, 6.45) is 6.10. The Kier molecular flexibility index (Phi) is 4.18. The number of hydrogen-bond acceptors (Lipinski definition) is 5. The van der Waals surface area contributed by atoms with E-state index < -0.39 is 5.60 Å². The van der Waals surface area contributed by atoms with E-state index in [-0.39, 0.29) is 12.5 Å². The SMILES string of the molecule is Cn1cc([C@@](C)(O)CNC(=O)/C=C\c2nc3ccccc3o2)cn1. The summed E-state index contributed by atoms with van der Waals surface area (Å²) < 4.78 is 7.09. The third-order valence-corrected chi connectivity index (χ3v) is 3.62. The molecule has 0 saturated heterocycles. The van der Waals surface area contributed by atoms with Crippen LogP contribution in [0, 0.1) is 0 Å². The van der Waals surface area contributed by atoms with Gasteiger partial charge in [-0.1, -0.05) is 12.1 Å². The Labute approximate surface area is 138 Å². The van der Waals surface area contributed by atoms with Crippen molar-refractivity contribution in [3.8, 4) is 0 Å². The van der Waals surface area contributed by atoms with Crippen LogP contribution in [0.2, 0.25) is 0 Å². The van der Waals surface area contributed by atoms with E-state index >= 15 is 0 Å². The number of aliphatic hydroxyl groups is 1. The van der Waals surface area contributed by atoms with Crippen molar-refractivity contribution in [1.29, 1.82) is 0 Å². The molecule has 3 aromatic rings. The highest BCUT2D eigenvalue weighted by Crippen LogP contribution is 2.18. The number of aromatic nitrogens is 3. The van der Waals surface area contributed by atoms with Gasteiger partial charge >= 0.3 is 0 Å². The van der Waals surface area contributed by atoms with Crippen LogP contribution in [0.25, 0.3) is 17.2 Å². The molecule has 24 heavy (non-hydrogen) atoms. The number of carbonyl (C=O) groups excluding carboxylic acids is 1. The topological polar surface area (TPSA) is 93.2 Å². The van der Waals surface area contributed by atoms with Crippen molar-refractivity contribution < 1.29 is 14.3 Å². The largest absolute Gasteiger partial charge is 0.437 e. The maximum atomic E-state index is 11.9.